The van der Waals surface area contributed by atoms with Crippen molar-refractivity contribution in [2.24, 2.45) is 11.1 Å². The van der Waals surface area contributed by atoms with E-state index >= 15 is 0 Å². The Hall–Kier alpha value is -0.0800. The SMILES string of the molecule is CC(C)(N)CCCN1CCCC(C)(C)C1. The zero-order chi connectivity index (χ0) is 11.5. The lowest BCUT2D eigenvalue weighted by Gasteiger charge is -2.38. The van der Waals surface area contributed by atoms with Crippen molar-refractivity contribution in [2.75, 3.05) is 19.6 Å². The van der Waals surface area contributed by atoms with Gasteiger partial charge in [-0.25, -0.2) is 0 Å². The van der Waals surface area contributed by atoms with E-state index in [-0.39, 0.29) is 5.54 Å². The molecule has 0 saturated carbocycles. The smallest absolute Gasteiger partial charge is 0.00975 e. The summed E-state index contributed by atoms with van der Waals surface area (Å²) in [4.78, 5) is 2.61. The van der Waals surface area contributed by atoms with Gasteiger partial charge in [-0.2, -0.15) is 0 Å². The molecule has 0 amide bonds. The lowest BCUT2D eigenvalue weighted by molar-refractivity contribution is 0.114. The zero-order valence-electron chi connectivity index (χ0n) is 11.0. The molecular formula is C13H28N2. The van der Waals surface area contributed by atoms with Gasteiger partial charge in [0, 0.05) is 12.1 Å². The number of piperidine rings is 1. The van der Waals surface area contributed by atoms with Crippen LogP contribution in [0.5, 0.6) is 0 Å². The van der Waals surface area contributed by atoms with Crippen LogP contribution in [0.2, 0.25) is 0 Å². The number of nitrogens with zero attached hydrogens (tertiary/aromatic N) is 1. The van der Waals surface area contributed by atoms with Gasteiger partial charge in [0.2, 0.25) is 0 Å². The molecule has 1 rings (SSSR count). The second-order valence-corrected chi connectivity index (χ2v) is 6.64. The van der Waals surface area contributed by atoms with E-state index in [0.717, 1.165) is 6.42 Å². The topological polar surface area (TPSA) is 29.3 Å². The molecule has 1 aliphatic rings. The molecule has 0 spiro atoms. The number of rotatable bonds is 4. The summed E-state index contributed by atoms with van der Waals surface area (Å²) < 4.78 is 0. The van der Waals surface area contributed by atoms with Crippen molar-refractivity contribution in [2.45, 2.75) is 58.9 Å². The molecule has 0 aromatic heterocycles. The Kier molecular flexibility index (Phi) is 4.19. The average Bonchev–Trinajstić information content (AvgIpc) is 1.99. The van der Waals surface area contributed by atoms with Crippen LogP contribution in [-0.2, 0) is 0 Å². The maximum atomic E-state index is 5.99. The van der Waals surface area contributed by atoms with E-state index < -0.39 is 0 Å². The van der Waals surface area contributed by atoms with Crippen LogP contribution < -0.4 is 5.73 Å². The Labute approximate surface area is 95.2 Å². The first kappa shape index (κ1) is 13.0. The summed E-state index contributed by atoms with van der Waals surface area (Å²) >= 11 is 0. The summed E-state index contributed by atoms with van der Waals surface area (Å²) in [5.41, 5.74) is 6.52. The van der Waals surface area contributed by atoms with Gasteiger partial charge < -0.3 is 10.6 Å². The van der Waals surface area contributed by atoms with Gasteiger partial charge in [-0.1, -0.05) is 13.8 Å². The molecule has 1 fully saturated rings. The average molecular weight is 212 g/mol. The molecule has 90 valence electrons. The van der Waals surface area contributed by atoms with Crippen molar-refractivity contribution in [3.05, 3.63) is 0 Å². The first-order chi connectivity index (χ1) is 6.79. The van der Waals surface area contributed by atoms with E-state index in [1.807, 2.05) is 0 Å². The van der Waals surface area contributed by atoms with Gasteiger partial charge in [-0.3, -0.25) is 0 Å². The van der Waals surface area contributed by atoms with Crippen LogP contribution in [0.3, 0.4) is 0 Å². The highest BCUT2D eigenvalue weighted by atomic mass is 15.1. The van der Waals surface area contributed by atoms with Gasteiger partial charge in [0.1, 0.15) is 0 Å². The Morgan fingerprint density at radius 3 is 2.53 bits per heavy atom. The van der Waals surface area contributed by atoms with E-state index in [1.54, 1.807) is 0 Å². The predicted molar refractivity (Wildman–Crippen MR) is 67.0 cm³/mol. The maximum absolute atomic E-state index is 5.99. The van der Waals surface area contributed by atoms with E-state index in [9.17, 15) is 0 Å². The van der Waals surface area contributed by atoms with E-state index in [4.69, 9.17) is 5.73 Å². The van der Waals surface area contributed by atoms with Crippen molar-refractivity contribution in [3.8, 4) is 0 Å². The number of likely N-dealkylation sites (tertiary alicyclic amines) is 1. The fraction of sp³-hybridized carbons (Fsp3) is 1.00. The zero-order valence-corrected chi connectivity index (χ0v) is 11.0. The first-order valence-electron chi connectivity index (χ1n) is 6.30. The number of nitrogens with two attached hydrogens (primary N) is 1. The van der Waals surface area contributed by atoms with Gasteiger partial charge in [-0.15, -0.1) is 0 Å². The van der Waals surface area contributed by atoms with Crippen molar-refractivity contribution >= 4 is 0 Å². The Morgan fingerprint density at radius 2 is 2.00 bits per heavy atom. The first-order valence-corrected chi connectivity index (χ1v) is 6.30. The van der Waals surface area contributed by atoms with Crippen molar-refractivity contribution in [1.29, 1.82) is 0 Å². The van der Waals surface area contributed by atoms with Crippen molar-refractivity contribution in [3.63, 3.8) is 0 Å². The highest BCUT2D eigenvalue weighted by Crippen LogP contribution is 2.28. The van der Waals surface area contributed by atoms with Gasteiger partial charge >= 0.3 is 0 Å². The van der Waals surface area contributed by atoms with Gasteiger partial charge in [-0.05, 0) is 58.0 Å². The standard InChI is InChI=1S/C13H28N2/c1-12(2)7-5-9-15(11-12)10-6-8-13(3,4)14/h5-11,14H2,1-4H3. The molecule has 0 unspecified atom stereocenters. The fourth-order valence-electron chi connectivity index (χ4n) is 2.49. The van der Waals surface area contributed by atoms with Crippen LogP contribution in [0.1, 0.15) is 53.4 Å². The molecule has 2 nitrogen and oxygen atoms in total. The third-order valence-corrected chi connectivity index (χ3v) is 3.27. The van der Waals surface area contributed by atoms with Gasteiger partial charge in [0.15, 0.2) is 0 Å². The summed E-state index contributed by atoms with van der Waals surface area (Å²) in [7, 11) is 0. The minimum Gasteiger partial charge on any atom is -0.326 e. The third-order valence-electron chi connectivity index (χ3n) is 3.27. The normalized spacial score (nSPS) is 23.0. The second kappa shape index (κ2) is 4.84. The van der Waals surface area contributed by atoms with Crippen LogP contribution in [0, 0.1) is 5.41 Å². The largest absolute Gasteiger partial charge is 0.326 e. The molecule has 2 heteroatoms. The van der Waals surface area contributed by atoms with Crippen LogP contribution in [0.25, 0.3) is 0 Å². The van der Waals surface area contributed by atoms with Gasteiger partial charge in [0.25, 0.3) is 0 Å². The second-order valence-electron chi connectivity index (χ2n) is 6.64. The Balaban J connectivity index is 2.22. The lowest BCUT2D eigenvalue weighted by atomic mass is 9.84. The monoisotopic (exact) mass is 212 g/mol. The fourth-order valence-corrected chi connectivity index (χ4v) is 2.49. The minimum absolute atomic E-state index is 0.00526. The van der Waals surface area contributed by atoms with Crippen LogP contribution in [-0.4, -0.2) is 30.1 Å². The molecule has 15 heavy (non-hydrogen) atoms. The molecule has 1 heterocycles. The summed E-state index contributed by atoms with van der Waals surface area (Å²) in [6.45, 7) is 12.8. The quantitative estimate of drug-likeness (QED) is 0.776. The van der Waals surface area contributed by atoms with E-state index in [1.165, 1.54) is 38.9 Å². The summed E-state index contributed by atoms with van der Waals surface area (Å²) in [6, 6.07) is 0. The summed E-state index contributed by atoms with van der Waals surface area (Å²) in [6.07, 6.45) is 5.11. The highest BCUT2D eigenvalue weighted by molar-refractivity contribution is 4.80. The molecule has 0 atom stereocenters. The van der Waals surface area contributed by atoms with E-state index in [0.29, 0.717) is 5.41 Å². The van der Waals surface area contributed by atoms with Crippen molar-refractivity contribution in [1.82, 2.24) is 4.90 Å². The minimum atomic E-state index is 0.00526. The molecule has 1 saturated heterocycles. The van der Waals surface area contributed by atoms with Crippen LogP contribution in [0.4, 0.5) is 0 Å². The maximum Gasteiger partial charge on any atom is 0.00975 e. The molecule has 0 bridgehead atoms. The van der Waals surface area contributed by atoms with Crippen LogP contribution in [0.15, 0.2) is 0 Å². The van der Waals surface area contributed by atoms with Crippen molar-refractivity contribution < 1.29 is 0 Å². The number of hydrogen-bond acceptors (Lipinski definition) is 2. The molecule has 1 aliphatic heterocycles. The number of hydrogen-bond donors (Lipinski definition) is 1. The predicted octanol–water partition coefficient (Wildman–Crippen LogP) is 2.63. The summed E-state index contributed by atoms with van der Waals surface area (Å²) in [5, 5.41) is 0. The van der Waals surface area contributed by atoms with Crippen LogP contribution >= 0.6 is 0 Å². The molecule has 2 N–H and O–H groups in total. The molecule has 0 aliphatic carbocycles. The van der Waals surface area contributed by atoms with E-state index in [2.05, 4.69) is 32.6 Å². The molecule has 0 aromatic carbocycles. The Morgan fingerprint density at radius 1 is 1.33 bits per heavy atom. The molecule has 0 radical (unpaired) electrons. The Bertz CT molecular complexity index is 191. The summed E-state index contributed by atoms with van der Waals surface area (Å²) in [5.74, 6) is 0. The molecular weight excluding hydrogens is 184 g/mol. The molecule has 0 aromatic rings. The highest BCUT2D eigenvalue weighted by Gasteiger charge is 2.25. The lowest BCUT2D eigenvalue weighted by Crippen LogP contribution is -2.41. The third kappa shape index (κ3) is 5.53. The van der Waals surface area contributed by atoms with Gasteiger partial charge in [0.05, 0.1) is 0 Å².